The molecule has 0 bridgehead atoms. The molecule has 0 saturated heterocycles. The highest BCUT2D eigenvalue weighted by molar-refractivity contribution is 9.09. The number of hydrogen-bond acceptors (Lipinski definition) is 2. The highest BCUT2D eigenvalue weighted by atomic mass is 79.9. The monoisotopic (exact) mass is 311 g/mol. The number of methoxy groups -OCH3 is 1. The quantitative estimate of drug-likeness (QED) is 0.798. The van der Waals surface area contributed by atoms with E-state index in [1.54, 1.807) is 7.11 Å². The van der Waals surface area contributed by atoms with Gasteiger partial charge in [-0.25, -0.2) is 0 Å². The van der Waals surface area contributed by atoms with Gasteiger partial charge in [0.25, 0.3) is 0 Å². The average Bonchev–Trinajstić information content (AvgIpc) is 2.93. The first kappa shape index (κ1) is 13.4. The molecule has 0 unspecified atom stereocenters. The van der Waals surface area contributed by atoms with E-state index in [-0.39, 0.29) is 5.91 Å². The summed E-state index contributed by atoms with van der Waals surface area (Å²) in [7, 11) is 1.65. The van der Waals surface area contributed by atoms with Crippen LogP contribution in [0.15, 0.2) is 24.3 Å². The number of carbonyl (C=O) groups excluding carboxylic acids is 1. The topological polar surface area (TPSA) is 29.5 Å². The van der Waals surface area contributed by atoms with Crippen molar-refractivity contribution >= 4 is 27.5 Å². The van der Waals surface area contributed by atoms with Crippen molar-refractivity contribution < 1.29 is 9.53 Å². The van der Waals surface area contributed by atoms with Gasteiger partial charge in [-0.2, -0.15) is 0 Å². The normalized spacial score (nSPS) is 15.7. The number of halogens is 1. The predicted octanol–water partition coefficient (Wildman–Crippen LogP) is 3.37. The van der Waals surface area contributed by atoms with Gasteiger partial charge < -0.3 is 9.64 Å². The Labute approximate surface area is 116 Å². The highest BCUT2D eigenvalue weighted by Gasteiger charge is 2.27. The molecule has 98 valence electrons. The first-order valence-corrected chi connectivity index (χ1v) is 7.40. The first-order chi connectivity index (χ1) is 8.76. The van der Waals surface area contributed by atoms with Crippen LogP contribution in [-0.4, -0.2) is 24.4 Å². The molecule has 1 aliphatic carbocycles. The molecule has 0 heterocycles. The fraction of sp³-hybridized carbons (Fsp3) is 0.500. The average molecular weight is 312 g/mol. The van der Waals surface area contributed by atoms with Crippen LogP contribution in [0.4, 0.5) is 5.69 Å². The summed E-state index contributed by atoms with van der Waals surface area (Å²) in [6, 6.07) is 8.07. The summed E-state index contributed by atoms with van der Waals surface area (Å²) < 4.78 is 5.15. The summed E-state index contributed by atoms with van der Waals surface area (Å²) in [6.45, 7) is 0. The zero-order valence-electron chi connectivity index (χ0n) is 10.6. The Morgan fingerprint density at radius 3 is 2.44 bits per heavy atom. The Balaban J connectivity index is 2.23. The van der Waals surface area contributed by atoms with Crippen LogP contribution in [0.25, 0.3) is 0 Å². The molecule has 4 heteroatoms. The van der Waals surface area contributed by atoms with Gasteiger partial charge in [0.1, 0.15) is 5.75 Å². The van der Waals surface area contributed by atoms with Gasteiger partial charge in [-0.1, -0.05) is 28.8 Å². The van der Waals surface area contributed by atoms with Crippen molar-refractivity contribution in [1.82, 2.24) is 0 Å². The smallest absolute Gasteiger partial charge is 0.237 e. The standard InChI is InChI=1S/C14H18BrNO2/c1-18-13-8-6-12(7-9-13)16(14(17)10-15)11-4-2-3-5-11/h6-9,11H,2-5,10H2,1H3. The minimum atomic E-state index is 0.132. The number of rotatable bonds is 4. The second kappa shape index (κ2) is 6.23. The molecule has 0 aromatic heterocycles. The molecule has 1 aromatic rings. The Kier molecular flexibility index (Phi) is 4.64. The molecule has 1 aromatic carbocycles. The number of ether oxygens (including phenoxy) is 1. The number of hydrogen-bond donors (Lipinski definition) is 0. The van der Waals surface area contributed by atoms with Crippen LogP contribution in [-0.2, 0) is 4.79 Å². The minimum Gasteiger partial charge on any atom is -0.497 e. The van der Waals surface area contributed by atoms with Crippen LogP contribution >= 0.6 is 15.9 Å². The molecule has 1 saturated carbocycles. The zero-order chi connectivity index (χ0) is 13.0. The maximum atomic E-state index is 12.1. The number of alkyl halides is 1. The maximum Gasteiger partial charge on any atom is 0.237 e. The molecule has 0 spiro atoms. The van der Waals surface area contributed by atoms with Crippen LogP contribution in [0.2, 0.25) is 0 Å². The molecule has 1 amide bonds. The number of anilines is 1. The van der Waals surface area contributed by atoms with Crippen LogP contribution < -0.4 is 9.64 Å². The van der Waals surface area contributed by atoms with E-state index >= 15 is 0 Å². The molecule has 3 nitrogen and oxygen atoms in total. The van der Waals surface area contributed by atoms with Crippen LogP contribution in [0.1, 0.15) is 25.7 Å². The molecule has 0 aliphatic heterocycles. The van der Waals surface area contributed by atoms with E-state index < -0.39 is 0 Å². The highest BCUT2D eigenvalue weighted by Crippen LogP contribution is 2.29. The summed E-state index contributed by atoms with van der Waals surface area (Å²) in [4.78, 5) is 14.0. The van der Waals surface area contributed by atoms with Crippen molar-refractivity contribution in [3.05, 3.63) is 24.3 Å². The summed E-state index contributed by atoms with van der Waals surface area (Å²) in [5.74, 6) is 0.948. The van der Waals surface area contributed by atoms with E-state index in [9.17, 15) is 4.79 Å². The molecular weight excluding hydrogens is 294 g/mol. The Bertz CT molecular complexity index is 399. The predicted molar refractivity (Wildman–Crippen MR) is 76.5 cm³/mol. The van der Waals surface area contributed by atoms with Crippen molar-refractivity contribution in [3.8, 4) is 5.75 Å². The van der Waals surface area contributed by atoms with Gasteiger partial charge in [0.05, 0.1) is 12.4 Å². The minimum absolute atomic E-state index is 0.132. The van der Waals surface area contributed by atoms with E-state index in [4.69, 9.17) is 4.74 Å². The van der Waals surface area contributed by atoms with Gasteiger partial charge in [-0.3, -0.25) is 4.79 Å². The van der Waals surface area contributed by atoms with Gasteiger partial charge in [0.15, 0.2) is 0 Å². The van der Waals surface area contributed by atoms with Crippen LogP contribution in [0.5, 0.6) is 5.75 Å². The Morgan fingerprint density at radius 2 is 1.94 bits per heavy atom. The first-order valence-electron chi connectivity index (χ1n) is 6.28. The van der Waals surface area contributed by atoms with E-state index in [0.29, 0.717) is 11.4 Å². The van der Waals surface area contributed by atoms with Crippen molar-refractivity contribution in [2.75, 3.05) is 17.3 Å². The third-order valence-corrected chi connectivity index (χ3v) is 3.90. The number of nitrogens with zero attached hydrogens (tertiary/aromatic N) is 1. The second-order valence-electron chi connectivity index (χ2n) is 4.53. The van der Waals surface area contributed by atoms with E-state index in [1.165, 1.54) is 12.8 Å². The molecule has 2 rings (SSSR count). The van der Waals surface area contributed by atoms with E-state index in [2.05, 4.69) is 15.9 Å². The lowest BCUT2D eigenvalue weighted by molar-refractivity contribution is -0.116. The van der Waals surface area contributed by atoms with E-state index in [0.717, 1.165) is 24.3 Å². The third kappa shape index (κ3) is 2.86. The Morgan fingerprint density at radius 1 is 1.33 bits per heavy atom. The van der Waals surface area contributed by atoms with Crippen molar-refractivity contribution in [2.24, 2.45) is 0 Å². The van der Waals surface area contributed by atoms with Crippen molar-refractivity contribution in [2.45, 2.75) is 31.7 Å². The molecule has 0 radical (unpaired) electrons. The zero-order valence-corrected chi connectivity index (χ0v) is 12.1. The van der Waals surface area contributed by atoms with Crippen molar-refractivity contribution in [1.29, 1.82) is 0 Å². The van der Waals surface area contributed by atoms with Gasteiger partial charge in [-0.05, 0) is 37.1 Å². The fourth-order valence-electron chi connectivity index (χ4n) is 2.53. The van der Waals surface area contributed by atoms with Gasteiger partial charge >= 0.3 is 0 Å². The number of amides is 1. The summed E-state index contributed by atoms with van der Waals surface area (Å²) in [5, 5.41) is 0.371. The van der Waals surface area contributed by atoms with Gasteiger partial charge in [0.2, 0.25) is 5.91 Å². The SMILES string of the molecule is COc1ccc(N(C(=O)CBr)C2CCCC2)cc1. The second-order valence-corrected chi connectivity index (χ2v) is 5.09. The third-order valence-electron chi connectivity index (χ3n) is 3.42. The summed E-state index contributed by atoms with van der Waals surface area (Å²) >= 11 is 3.27. The van der Waals surface area contributed by atoms with Crippen molar-refractivity contribution in [3.63, 3.8) is 0 Å². The lowest BCUT2D eigenvalue weighted by Gasteiger charge is -2.28. The lowest BCUT2D eigenvalue weighted by atomic mass is 10.1. The fourth-order valence-corrected chi connectivity index (χ4v) is 2.80. The van der Waals surface area contributed by atoms with Crippen LogP contribution in [0.3, 0.4) is 0 Å². The van der Waals surface area contributed by atoms with E-state index in [1.807, 2.05) is 29.2 Å². The largest absolute Gasteiger partial charge is 0.497 e. The molecule has 18 heavy (non-hydrogen) atoms. The number of carbonyl (C=O) groups is 1. The molecule has 0 atom stereocenters. The van der Waals surface area contributed by atoms with Gasteiger partial charge in [0, 0.05) is 11.7 Å². The molecular formula is C14H18BrNO2. The van der Waals surface area contributed by atoms with Crippen LogP contribution in [0, 0.1) is 0 Å². The molecule has 1 aliphatic rings. The van der Waals surface area contributed by atoms with Gasteiger partial charge in [-0.15, -0.1) is 0 Å². The maximum absolute atomic E-state index is 12.1. The number of benzene rings is 1. The summed E-state index contributed by atoms with van der Waals surface area (Å²) in [6.07, 6.45) is 4.63. The lowest BCUT2D eigenvalue weighted by Crippen LogP contribution is -2.39. The summed E-state index contributed by atoms with van der Waals surface area (Å²) in [5.41, 5.74) is 0.965. The molecule has 1 fully saturated rings. The molecule has 0 N–H and O–H groups in total. The Hall–Kier alpha value is -1.03.